The van der Waals surface area contributed by atoms with Crippen LogP contribution in [0.5, 0.6) is 0 Å². The predicted molar refractivity (Wildman–Crippen MR) is 106 cm³/mol. The molecular weight excluding hydrogens is 288 g/mol. The highest BCUT2D eigenvalue weighted by Gasteiger charge is 2.17. The number of aryl methyl sites for hydroxylation is 3. The lowest BCUT2D eigenvalue weighted by Gasteiger charge is -2.21. The van der Waals surface area contributed by atoms with Crippen LogP contribution in [0.25, 0.3) is 22.3 Å². The van der Waals surface area contributed by atoms with Crippen molar-refractivity contribution in [1.29, 1.82) is 0 Å². The van der Waals surface area contributed by atoms with Crippen LogP contribution in [0.15, 0.2) is 60.7 Å². The Morgan fingerprint density at radius 2 is 1.04 bits per heavy atom. The molecule has 0 N–H and O–H groups in total. The molecular formula is C24H26. The lowest BCUT2D eigenvalue weighted by molar-refractivity contribution is 0.869. The summed E-state index contributed by atoms with van der Waals surface area (Å²) in [6.07, 6.45) is 0. The van der Waals surface area contributed by atoms with Gasteiger partial charge in [0, 0.05) is 0 Å². The normalized spacial score (nSPS) is 11.1. The standard InChI is InChI=1S/C24H26/c1-16(2)20-11-8-9-13-22(20)24-19(5)15-14-18(4)23(24)21-12-7-6-10-17(21)3/h6-16H,1-5H3. The SMILES string of the molecule is Cc1ccccc1-c1c(C)ccc(C)c1-c1ccccc1C(C)C. The Morgan fingerprint density at radius 1 is 0.542 bits per heavy atom. The van der Waals surface area contributed by atoms with Crippen LogP contribution in [0.4, 0.5) is 0 Å². The lowest BCUT2D eigenvalue weighted by Crippen LogP contribution is -1.98. The molecule has 0 spiro atoms. The molecule has 0 amide bonds. The Kier molecular flexibility index (Phi) is 4.57. The Morgan fingerprint density at radius 3 is 1.62 bits per heavy atom. The van der Waals surface area contributed by atoms with Crippen LogP contribution in [0.2, 0.25) is 0 Å². The van der Waals surface area contributed by atoms with E-state index in [0.29, 0.717) is 5.92 Å². The molecule has 0 heteroatoms. The van der Waals surface area contributed by atoms with E-state index in [2.05, 4.69) is 95.3 Å². The van der Waals surface area contributed by atoms with E-state index in [1.165, 1.54) is 44.5 Å². The zero-order valence-electron chi connectivity index (χ0n) is 15.4. The van der Waals surface area contributed by atoms with Crippen molar-refractivity contribution >= 4 is 0 Å². The number of rotatable bonds is 3. The summed E-state index contributed by atoms with van der Waals surface area (Å²) in [5.41, 5.74) is 10.9. The van der Waals surface area contributed by atoms with Crippen molar-refractivity contribution < 1.29 is 0 Å². The van der Waals surface area contributed by atoms with E-state index in [0.717, 1.165) is 0 Å². The van der Waals surface area contributed by atoms with Gasteiger partial charge >= 0.3 is 0 Å². The van der Waals surface area contributed by atoms with Crippen LogP contribution >= 0.6 is 0 Å². The summed E-state index contributed by atoms with van der Waals surface area (Å²) in [7, 11) is 0. The van der Waals surface area contributed by atoms with Gasteiger partial charge in [-0.15, -0.1) is 0 Å². The van der Waals surface area contributed by atoms with Crippen molar-refractivity contribution in [2.24, 2.45) is 0 Å². The third kappa shape index (κ3) is 2.89. The molecule has 0 aliphatic carbocycles. The molecule has 3 rings (SSSR count). The van der Waals surface area contributed by atoms with E-state index in [9.17, 15) is 0 Å². The fourth-order valence-corrected chi connectivity index (χ4v) is 3.59. The Bertz CT molecular complexity index is 869. The van der Waals surface area contributed by atoms with Crippen molar-refractivity contribution in [1.82, 2.24) is 0 Å². The summed E-state index contributed by atoms with van der Waals surface area (Å²) in [5, 5.41) is 0. The molecule has 0 aliphatic rings. The zero-order valence-corrected chi connectivity index (χ0v) is 15.4. The number of benzene rings is 3. The highest BCUT2D eigenvalue weighted by molar-refractivity contribution is 5.90. The molecule has 0 aliphatic heterocycles. The fraction of sp³-hybridized carbons (Fsp3) is 0.250. The van der Waals surface area contributed by atoms with Crippen LogP contribution in [0.3, 0.4) is 0 Å². The summed E-state index contributed by atoms with van der Waals surface area (Å²) in [6, 6.07) is 22.1. The van der Waals surface area contributed by atoms with E-state index in [4.69, 9.17) is 0 Å². The van der Waals surface area contributed by atoms with Gasteiger partial charge in [-0.2, -0.15) is 0 Å². The Labute approximate surface area is 146 Å². The highest BCUT2D eigenvalue weighted by atomic mass is 14.2. The maximum absolute atomic E-state index is 2.28. The van der Waals surface area contributed by atoms with Crippen molar-refractivity contribution in [2.75, 3.05) is 0 Å². The van der Waals surface area contributed by atoms with Crippen LogP contribution in [0, 0.1) is 20.8 Å². The fourth-order valence-electron chi connectivity index (χ4n) is 3.59. The van der Waals surface area contributed by atoms with Crippen LogP contribution in [-0.4, -0.2) is 0 Å². The molecule has 0 unspecified atom stereocenters. The van der Waals surface area contributed by atoms with Crippen LogP contribution in [0.1, 0.15) is 42.0 Å². The van der Waals surface area contributed by atoms with Gasteiger partial charge in [-0.25, -0.2) is 0 Å². The van der Waals surface area contributed by atoms with Gasteiger partial charge in [0.05, 0.1) is 0 Å². The second kappa shape index (κ2) is 6.65. The molecule has 0 saturated heterocycles. The second-order valence-corrected chi connectivity index (χ2v) is 7.01. The third-order valence-corrected chi connectivity index (χ3v) is 4.89. The second-order valence-electron chi connectivity index (χ2n) is 7.01. The molecule has 0 bridgehead atoms. The van der Waals surface area contributed by atoms with E-state index >= 15 is 0 Å². The van der Waals surface area contributed by atoms with Gasteiger partial charge in [0.2, 0.25) is 0 Å². The molecule has 24 heavy (non-hydrogen) atoms. The molecule has 122 valence electrons. The van der Waals surface area contributed by atoms with Crippen molar-refractivity contribution in [3.63, 3.8) is 0 Å². The van der Waals surface area contributed by atoms with Crippen LogP contribution < -0.4 is 0 Å². The smallest absolute Gasteiger partial charge is 0.00705 e. The average Bonchev–Trinajstić information content (AvgIpc) is 2.57. The minimum Gasteiger partial charge on any atom is -0.0620 e. The first-order chi connectivity index (χ1) is 11.5. The first kappa shape index (κ1) is 16.5. The van der Waals surface area contributed by atoms with Gasteiger partial charge in [0.1, 0.15) is 0 Å². The van der Waals surface area contributed by atoms with Crippen molar-refractivity contribution in [3.05, 3.63) is 82.9 Å². The number of hydrogen-bond donors (Lipinski definition) is 0. The third-order valence-electron chi connectivity index (χ3n) is 4.89. The monoisotopic (exact) mass is 314 g/mol. The van der Waals surface area contributed by atoms with Crippen molar-refractivity contribution in [2.45, 2.75) is 40.5 Å². The summed E-state index contributed by atoms with van der Waals surface area (Å²) in [4.78, 5) is 0. The first-order valence-corrected chi connectivity index (χ1v) is 8.76. The molecule has 3 aromatic rings. The summed E-state index contributed by atoms with van der Waals surface area (Å²) >= 11 is 0. The van der Waals surface area contributed by atoms with Gasteiger partial charge in [-0.3, -0.25) is 0 Å². The average molecular weight is 314 g/mol. The molecule has 0 saturated carbocycles. The zero-order chi connectivity index (χ0) is 17.3. The maximum Gasteiger partial charge on any atom is -0.00705 e. The summed E-state index contributed by atoms with van der Waals surface area (Å²) in [5.74, 6) is 0.505. The van der Waals surface area contributed by atoms with Gasteiger partial charge in [-0.05, 0) is 71.2 Å². The number of hydrogen-bond acceptors (Lipinski definition) is 0. The Hall–Kier alpha value is -2.34. The minimum atomic E-state index is 0.505. The molecule has 0 radical (unpaired) electrons. The first-order valence-electron chi connectivity index (χ1n) is 8.76. The van der Waals surface area contributed by atoms with Crippen LogP contribution in [-0.2, 0) is 0 Å². The minimum absolute atomic E-state index is 0.505. The van der Waals surface area contributed by atoms with Gasteiger partial charge in [-0.1, -0.05) is 74.5 Å². The largest absolute Gasteiger partial charge is 0.0620 e. The Balaban J connectivity index is 2.39. The van der Waals surface area contributed by atoms with E-state index in [1.807, 2.05) is 0 Å². The quantitative estimate of drug-likeness (QED) is 0.485. The predicted octanol–water partition coefficient (Wildman–Crippen LogP) is 7.07. The van der Waals surface area contributed by atoms with E-state index in [1.54, 1.807) is 0 Å². The molecule has 3 aromatic carbocycles. The molecule has 0 fully saturated rings. The molecule has 0 aromatic heterocycles. The van der Waals surface area contributed by atoms with Gasteiger partial charge < -0.3 is 0 Å². The van der Waals surface area contributed by atoms with Gasteiger partial charge in [0.15, 0.2) is 0 Å². The van der Waals surface area contributed by atoms with E-state index in [-0.39, 0.29) is 0 Å². The molecule has 0 heterocycles. The summed E-state index contributed by atoms with van der Waals surface area (Å²) < 4.78 is 0. The molecule has 0 nitrogen and oxygen atoms in total. The van der Waals surface area contributed by atoms with Crippen molar-refractivity contribution in [3.8, 4) is 22.3 Å². The maximum atomic E-state index is 2.28. The lowest BCUT2D eigenvalue weighted by atomic mass is 9.83. The topological polar surface area (TPSA) is 0 Å². The highest BCUT2D eigenvalue weighted by Crippen LogP contribution is 2.41. The van der Waals surface area contributed by atoms with E-state index < -0.39 is 0 Å². The molecule has 0 atom stereocenters. The van der Waals surface area contributed by atoms with Gasteiger partial charge in [0.25, 0.3) is 0 Å². The summed E-state index contributed by atoms with van der Waals surface area (Å²) in [6.45, 7) is 11.2.